The van der Waals surface area contributed by atoms with Crippen LogP contribution in [0.15, 0.2) is 0 Å². The maximum absolute atomic E-state index is 13.0. The average molecular weight is 233 g/mol. The van der Waals surface area contributed by atoms with Crippen molar-refractivity contribution in [1.29, 1.82) is 0 Å². The molecule has 6 heteroatoms. The van der Waals surface area contributed by atoms with Crippen LogP contribution in [0.3, 0.4) is 0 Å². The molecular weight excluding hydrogens is 217 g/mol. The van der Waals surface area contributed by atoms with Crippen LogP contribution in [0.1, 0.15) is 27.2 Å². The highest BCUT2D eigenvalue weighted by Gasteiger charge is 2.54. The van der Waals surface area contributed by atoms with E-state index in [9.17, 15) is 14.0 Å². The fraction of sp³-hybridized carbons (Fsp3) is 0.800. The summed E-state index contributed by atoms with van der Waals surface area (Å²) in [4.78, 5) is 22.8. The van der Waals surface area contributed by atoms with E-state index in [2.05, 4.69) is 5.32 Å². The molecule has 0 bridgehead atoms. The predicted octanol–water partition coefficient (Wildman–Crippen LogP) is 0.483. The lowest BCUT2D eigenvalue weighted by Gasteiger charge is -2.27. The zero-order valence-electron chi connectivity index (χ0n) is 9.54. The van der Waals surface area contributed by atoms with Crippen LogP contribution < -0.4 is 5.32 Å². The molecule has 92 valence electrons. The highest BCUT2D eigenvalue weighted by atomic mass is 19.1. The number of hydrogen-bond donors (Lipinski definition) is 2. The molecule has 0 saturated carbocycles. The Morgan fingerprint density at radius 3 is 2.38 bits per heavy atom. The fourth-order valence-corrected chi connectivity index (χ4v) is 1.53. The van der Waals surface area contributed by atoms with Crippen LogP contribution in [0.2, 0.25) is 0 Å². The summed E-state index contributed by atoms with van der Waals surface area (Å²) >= 11 is 0. The van der Waals surface area contributed by atoms with Crippen LogP contribution in [0.5, 0.6) is 0 Å². The molecule has 1 aliphatic heterocycles. The molecule has 0 aromatic rings. The molecule has 0 aromatic carbocycles. The highest BCUT2D eigenvalue weighted by Crippen LogP contribution is 2.25. The van der Waals surface area contributed by atoms with E-state index in [1.165, 1.54) is 0 Å². The molecule has 0 amide bonds. The molecule has 2 N–H and O–H groups in total. The van der Waals surface area contributed by atoms with Gasteiger partial charge in [-0.1, -0.05) is 0 Å². The SMILES string of the molecule is CC(C)(C)OC(=O)[C@@]1(C(=O)O)CC(F)CN1. The lowest BCUT2D eigenvalue weighted by molar-refractivity contribution is -0.170. The number of carbonyl (C=O) groups is 2. The van der Waals surface area contributed by atoms with Crippen LogP contribution in [-0.2, 0) is 14.3 Å². The number of carboxylic acid groups (broad SMARTS) is 1. The molecule has 1 fully saturated rings. The summed E-state index contributed by atoms with van der Waals surface area (Å²) in [6, 6.07) is 0. The van der Waals surface area contributed by atoms with Gasteiger partial charge in [0.2, 0.25) is 5.54 Å². The minimum Gasteiger partial charge on any atom is -0.479 e. The summed E-state index contributed by atoms with van der Waals surface area (Å²) in [6.07, 6.45) is -1.74. The maximum Gasteiger partial charge on any atom is 0.338 e. The van der Waals surface area contributed by atoms with Crippen molar-refractivity contribution in [3.8, 4) is 0 Å². The number of carbonyl (C=O) groups excluding carboxylic acids is 1. The van der Waals surface area contributed by atoms with Crippen molar-refractivity contribution in [3.63, 3.8) is 0 Å². The Hall–Kier alpha value is -1.17. The first-order valence-electron chi connectivity index (χ1n) is 5.03. The van der Waals surface area contributed by atoms with E-state index in [0.29, 0.717) is 0 Å². The lowest BCUT2D eigenvalue weighted by atomic mass is 9.97. The standard InChI is InChI=1S/C10H16FNO4/c1-9(2,3)16-8(15)10(7(13)14)4-6(11)5-12-10/h6,12H,4-5H2,1-3H3,(H,13,14)/t6?,10-/m0/s1. The van der Waals surface area contributed by atoms with Gasteiger partial charge >= 0.3 is 11.9 Å². The molecular formula is C10H16FNO4. The summed E-state index contributed by atoms with van der Waals surface area (Å²) in [6.45, 7) is 4.73. The van der Waals surface area contributed by atoms with Crippen molar-refractivity contribution in [3.05, 3.63) is 0 Å². The molecule has 0 aromatic heterocycles. The molecule has 1 unspecified atom stereocenters. The molecule has 16 heavy (non-hydrogen) atoms. The van der Waals surface area contributed by atoms with E-state index in [-0.39, 0.29) is 6.54 Å². The minimum absolute atomic E-state index is 0.147. The highest BCUT2D eigenvalue weighted by molar-refractivity contribution is 6.04. The quantitative estimate of drug-likeness (QED) is 0.536. The van der Waals surface area contributed by atoms with Gasteiger partial charge < -0.3 is 9.84 Å². The number of aliphatic carboxylic acids is 1. The van der Waals surface area contributed by atoms with Crippen LogP contribution in [0.25, 0.3) is 0 Å². The Balaban J connectivity index is 2.88. The minimum atomic E-state index is -1.94. The summed E-state index contributed by atoms with van der Waals surface area (Å²) in [5, 5.41) is 11.4. The second kappa shape index (κ2) is 4.01. The second-order valence-corrected chi connectivity index (χ2v) is 4.89. The van der Waals surface area contributed by atoms with Gasteiger partial charge in [0.1, 0.15) is 11.8 Å². The summed E-state index contributed by atoms with van der Waals surface area (Å²) < 4.78 is 18.0. The Morgan fingerprint density at radius 1 is 1.50 bits per heavy atom. The Labute approximate surface area is 93.0 Å². The normalized spacial score (nSPS) is 30.1. The number of carboxylic acids is 1. The number of ether oxygens (including phenoxy) is 1. The first-order chi connectivity index (χ1) is 7.17. The number of hydrogen-bond acceptors (Lipinski definition) is 4. The van der Waals surface area contributed by atoms with E-state index in [1.54, 1.807) is 20.8 Å². The van der Waals surface area contributed by atoms with E-state index in [4.69, 9.17) is 9.84 Å². The maximum atomic E-state index is 13.0. The molecule has 1 heterocycles. The lowest BCUT2D eigenvalue weighted by Crippen LogP contribution is -2.56. The molecule has 1 aliphatic rings. The molecule has 1 saturated heterocycles. The van der Waals surface area contributed by atoms with E-state index >= 15 is 0 Å². The van der Waals surface area contributed by atoms with Gasteiger partial charge in [0.15, 0.2) is 0 Å². The van der Waals surface area contributed by atoms with Crippen molar-refractivity contribution < 1.29 is 23.8 Å². The smallest absolute Gasteiger partial charge is 0.338 e. The monoisotopic (exact) mass is 233 g/mol. The van der Waals surface area contributed by atoms with Crippen molar-refractivity contribution in [2.24, 2.45) is 0 Å². The molecule has 0 aliphatic carbocycles. The van der Waals surface area contributed by atoms with Crippen molar-refractivity contribution in [2.45, 2.75) is 44.5 Å². The van der Waals surface area contributed by atoms with E-state index in [1.807, 2.05) is 0 Å². The third-order valence-corrected chi connectivity index (χ3v) is 2.27. The largest absolute Gasteiger partial charge is 0.479 e. The van der Waals surface area contributed by atoms with Gasteiger partial charge in [-0.25, -0.2) is 14.0 Å². The van der Waals surface area contributed by atoms with Crippen LogP contribution in [0.4, 0.5) is 4.39 Å². The summed E-state index contributed by atoms with van der Waals surface area (Å²) in [7, 11) is 0. The number of nitrogens with one attached hydrogen (secondary N) is 1. The van der Waals surface area contributed by atoms with Crippen molar-refractivity contribution in [1.82, 2.24) is 5.32 Å². The molecule has 5 nitrogen and oxygen atoms in total. The van der Waals surface area contributed by atoms with Gasteiger partial charge in [-0.15, -0.1) is 0 Å². The van der Waals surface area contributed by atoms with Gasteiger partial charge in [0, 0.05) is 13.0 Å². The number of halogens is 1. The summed E-state index contributed by atoms with van der Waals surface area (Å²) in [5.74, 6) is -2.34. The molecule has 1 rings (SSSR count). The third-order valence-electron chi connectivity index (χ3n) is 2.27. The average Bonchev–Trinajstić information content (AvgIpc) is 2.45. The Morgan fingerprint density at radius 2 is 2.06 bits per heavy atom. The van der Waals surface area contributed by atoms with Gasteiger partial charge in [0.05, 0.1) is 0 Å². The Bertz CT molecular complexity index is 312. The van der Waals surface area contributed by atoms with Crippen molar-refractivity contribution in [2.75, 3.05) is 6.54 Å². The number of esters is 1. The first-order valence-corrected chi connectivity index (χ1v) is 5.03. The van der Waals surface area contributed by atoms with Gasteiger partial charge in [0.25, 0.3) is 0 Å². The fourth-order valence-electron chi connectivity index (χ4n) is 1.53. The number of rotatable bonds is 2. The van der Waals surface area contributed by atoms with Crippen LogP contribution >= 0.6 is 0 Å². The third kappa shape index (κ3) is 2.49. The van der Waals surface area contributed by atoms with Gasteiger partial charge in [-0.05, 0) is 20.8 Å². The van der Waals surface area contributed by atoms with Crippen LogP contribution in [0, 0.1) is 0 Å². The number of alkyl halides is 1. The summed E-state index contributed by atoms with van der Waals surface area (Å²) in [5.41, 5.74) is -2.73. The van der Waals surface area contributed by atoms with Crippen LogP contribution in [-0.4, -0.2) is 40.9 Å². The zero-order valence-corrected chi connectivity index (χ0v) is 9.54. The van der Waals surface area contributed by atoms with Crippen molar-refractivity contribution >= 4 is 11.9 Å². The van der Waals surface area contributed by atoms with E-state index < -0.39 is 35.7 Å². The van der Waals surface area contributed by atoms with E-state index in [0.717, 1.165) is 0 Å². The second-order valence-electron chi connectivity index (χ2n) is 4.89. The Kier molecular flexibility index (Phi) is 3.23. The molecule has 0 spiro atoms. The van der Waals surface area contributed by atoms with Gasteiger partial charge in [-0.2, -0.15) is 0 Å². The first kappa shape index (κ1) is 12.9. The molecule has 2 atom stereocenters. The van der Waals surface area contributed by atoms with Gasteiger partial charge in [-0.3, -0.25) is 5.32 Å². The molecule has 0 radical (unpaired) electrons. The predicted molar refractivity (Wildman–Crippen MR) is 53.7 cm³/mol. The topological polar surface area (TPSA) is 75.6 Å². The zero-order chi connectivity index (χ0) is 12.6.